The average Bonchev–Trinajstić information content (AvgIpc) is 2.76. The highest BCUT2D eigenvalue weighted by Crippen LogP contribution is 2.26. The van der Waals surface area contributed by atoms with E-state index < -0.39 is 34.4 Å². The Morgan fingerprint density at radius 2 is 1.84 bits per heavy atom. The molecule has 3 aromatic carbocycles. The van der Waals surface area contributed by atoms with Crippen LogP contribution in [0.25, 0.3) is 22.0 Å². The summed E-state index contributed by atoms with van der Waals surface area (Å²) in [6, 6.07) is 19.3. The summed E-state index contributed by atoms with van der Waals surface area (Å²) in [5, 5.41) is 19.5. The second-order valence-electron chi connectivity index (χ2n) is 6.71. The third-order valence-corrected chi connectivity index (χ3v) is 4.65. The lowest BCUT2D eigenvalue weighted by Gasteiger charge is -2.10. The molecule has 0 fully saturated rings. The number of amides is 1. The van der Waals surface area contributed by atoms with Crippen LogP contribution in [0.2, 0.25) is 0 Å². The number of fused-ring (bicyclic) bond motifs is 1. The lowest BCUT2D eigenvalue weighted by Crippen LogP contribution is -2.29. The molecule has 0 atom stereocenters. The van der Waals surface area contributed by atoms with Gasteiger partial charge < -0.3 is 5.32 Å². The first-order valence-corrected chi connectivity index (χ1v) is 9.22. The normalized spacial score (nSPS) is 10.7. The topological polar surface area (TPSA) is 107 Å². The van der Waals surface area contributed by atoms with E-state index in [0.29, 0.717) is 5.69 Å². The van der Waals surface area contributed by atoms with Crippen molar-refractivity contribution in [2.45, 2.75) is 6.54 Å². The Hall–Kier alpha value is -4.40. The molecule has 0 aliphatic heterocycles. The highest BCUT2D eigenvalue weighted by atomic mass is 19.1. The van der Waals surface area contributed by atoms with Crippen molar-refractivity contribution in [3.63, 3.8) is 0 Å². The smallest absolute Gasteiger partial charge is 0.306 e. The molecule has 31 heavy (non-hydrogen) atoms. The number of hydrogen-bond acceptors (Lipinski definition) is 5. The van der Waals surface area contributed by atoms with Crippen molar-refractivity contribution < 1.29 is 14.1 Å². The average molecular weight is 418 g/mol. The fourth-order valence-electron chi connectivity index (χ4n) is 3.22. The fraction of sp³-hybridized carbons (Fsp3) is 0.0455. The molecule has 9 heteroatoms. The second kappa shape index (κ2) is 8.15. The van der Waals surface area contributed by atoms with E-state index in [4.69, 9.17) is 0 Å². The number of nitrogens with zero attached hydrogens (tertiary/aromatic N) is 3. The quantitative estimate of drug-likeness (QED) is 0.392. The number of benzene rings is 3. The van der Waals surface area contributed by atoms with Crippen LogP contribution in [-0.4, -0.2) is 20.6 Å². The maximum atomic E-state index is 13.5. The number of rotatable bonds is 5. The molecule has 8 nitrogen and oxygen atoms in total. The molecule has 4 rings (SSSR count). The van der Waals surface area contributed by atoms with E-state index in [1.54, 1.807) is 6.07 Å². The van der Waals surface area contributed by atoms with Gasteiger partial charge in [0.05, 0.1) is 10.6 Å². The van der Waals surface area contributed by atoms with E-state index in [-0.39, 0.29) is 5.69 Å². The SMILES string of the molecule is O=C(Cn1nc(-c2cccc3ccccc23)ccc1=O)Nc1ccc(F)c([N+](=O)[O-])c1. The first-order valence-electron chi connectivity index (χ1n) is 9.22. The maximum absolute atomic E-state index is 13.5. The molecule has 0 spiro atoms. The van der Waals surface area contributed by atoms with Gasteiger partial charge in [-0.1, -0.05) is 42.5 Å². The van der Waals surface area contributed by atoms with Gasteiger partial charge in [0.15, 0.2) is 0 Å². The molecule has 1 aromatic heterocycles. The van der Waals surface area contributed by atoms with Crippen LogP contribution in [0.5, 0.6) is 0 Å². The summed E-state index contributed by atoms with van der Waals surface area (Å²) >= 11 is 0. The Morgan fingerprint density at radius 1 is 1.06 bits per heavy atom. The summed E-state index contributed by atoms with van der Waals surface area (Å²) in [5.41, 5.74) is 0.120. The Morgan fingerprint density at radius 3 is 2.65 bits per heavy atom. The summed E-state index contributed by atoms with van der Waals surface area (Å²) < 4.78 is 14.5. The number of hydrogen-bond donors (Lipinski definition) is 1. The van der Waals surface area contributed by atoms with Crippen molar-refractivity contribution in [3.8, 4) is 11.3 Å². The second-order valence-corrected chi connectivity index (χ2v) is 6.71. The van der Waals surface area contributed by atoms with Crippen LogP contribution < -0.4 is 10.9 Å². The Bertz CT molecular complexity index is 1380. The van der Waals surface area contributed by atoms with Crippen LogP contribution in [0.1, 0.15) is 0 Å². The molecule has 0 bridgehead atoms. The van der Waals surface area contributed by atoms with Crippen LogP contribution >= 0.6 is 0 Å². The van der Waals surface area contributed by atoms with E-state index in [9.17, 15) is 24.1 Å². The van der Waals surface area contributed by atoms with E-state index in [2.05, 4.69) is 10.4 Å². The molecule has 1 N–H and O–H groups in total. The molecule has 0 saturated heterocycles. The van der Waals surface area contributed by atoms with Crippen LogP contribution in [0.3, 0.4) is 0 Å². The summed E-state index contributed by atoms with van der Waals surface area (Å²) in [5.74, 6) is -1.64. The fourth-order valence-corrected chi connectivity index (χ4v) is 3.22. The van der Waals surface area contributed by atoms with E-state index >= 15 is 0 Å². The van der Waals surface area contributed by atoms with Crippen molar-refractivity contribution >= 4 is 28.1 Å². The first kappa shape index (κ1) is 19.9. The highest BCUT2D eigenvalue weighted by Gasteiger charge is 2.16. The highest BCUT2D eigenvalue weighted by molar-refractivity contribution is 5.95. The predicted molar refractivity (Wildman–Crippen MR) is 113 cm³/mol. The summed E-state index contributed by atoms with van der Waals surface area (Å²) in [7, 11) is 0. The zero-order valence-corrected chi connectivity index (χ0v) is 16.0. The van der Waals surface area contributed by atoms with Gasteiger partial charge in [0.1, 0.15) is 6.54 Å². The minimum Gasteiger partial charge on any atom is -0.324 e. The zero-order chi connectivity index (χ0) is 22.0. The van der Waals surface area contributed by atoms with Crippen molar-refractivity contribution in [1.29, 1.82) is 0 Å². The summed E-state index contributed by atoms with van der Waals surface area (Å²) in [6.07, 6.45) is 0. The van der Waals surface area contributed by atoms with Crippen LogP contribution in [0.4, 0.5) is 15.8 Å². The molecule has 1 amide bonds. The van der Waals surface area contributed by atoms with Crippen LogP contribution in [0.15, 0.2) is 77.6 Å². The molecular weight excluding hydrogens is 403 g/mol. The zero-order valence-electron chi connectivity index (χ0n) is 16.0. The number of nitrogens with one attached hydrogen (secondary N) is 1. The van der Waals surface area contributed by atoms with Crippen molar-refractivity contribution in [2.75, 3.05) is 5.32 Å². The number of anilines is 1. The van der Waals surface area contributed by atoms with Gasteiger partial charge in [-0.2, -0.15) is 9.49 Å². The molecular formula is C22H15FN4O4. The largest absolute Gasteiger partial charge is 0.324 e. The van der Waals surface area contributed by atoms with Gasteiger partial charge in [-0.05, 0) is 29.0 Å². The van der Waals surface area contributed by atoms with E-state index in [0.717, 1.165) is 33.2 Å². The van der Waals surface area contributed by atoms with Gasteiger partial charge >= 0.3 is 5.69 Å². The monoisotopic (exact) mass is 418 g/mol. The van der Waals surface area contributed by atoms with Crippen molar-refractivity contribution in [1.82, 2.24) is 9.78 Å². The Balaban J connectivity index is 1.61. The standard InChI is InChI=1S/C22H15FN4O4/c23-18-9-8-15(12-20(18)27(30)31)24-21(28)13-26-22(29)11-10-19(25-26)17-7-3-5-14-4-1-2-6-16(14)17/h1-12H,13H2,(H,24,28). The van der Waals surface area contributed by atoms with Gasteiger partial charge in [-0.15, -0.1) is 0 Å². The molecule has 4 aromatic rings. The van der Waals surface area contributed by atoms with E-state index in [1.807, 2.05) is 42.5 Å². The van der Waals surface area contributed by atoms with Crippen LogP contribution in [-0.2, 0) is 11.3 Å². The lowest BCUT2D eigenvalue weighted by atomic mass is 10.0. The van der Waals surface area contributed by atoms with Gasteiger partial charge in [0.2, 0.25) is 11.7 Å². The Labute approximate surface area is 174 Å². The van der Waals surface area contributed by atoms with Crippen LogP contribution in [0, 0.1) is 15.9 Å². The third-order valence-electron chi connectivity index (χ3n) is 4.65. The van der Waals surface area contributed by atoms with Gasteiger partial charge in [-0.25, -0.2) is 4.68 Å². The van der Waals surface area contributed by atoms with Crippen molar-refractivity contribution in [2.24, 2.45) is 0 Å². The number of nitro groups is 1. The number of nitro benzene ring substituents is 1. The number of carbonyl (C=O) groups is 1. The minimum absolute atomic E-state index is 0.0383. The third kappa shape index (κ3) is 4.15. The van der Waals surface area contributed by atoms with Gasteiger partial charge in [0, 0.05) is 23.4 Å². The molecule has 154 valence electrons. The van der Waals surface area contributed by atoms with Crippen molar-refractivity contribution in [3.05, 3.63) is 99.1 Å². The summed E-state index contributed by atoms with van der Waals surface area (Å²) in [6.45, 7) is -0.414. The molecule has 1 heterocycles. The van der Waals surface area contributed by atoms with Gasteiger partial charge in [0.25, 0.3) is 5.56 Å². The molecule has 0 aliphatic carbocycles. The minimum atomic E-state index is -1.01. The molecule has 0 unspecified atom stereocenters. The number of carbonyl (C=O) groups excluding carboxylic acids is 1. The molecule has 0 aliphatic rings. The number of aromatic nitrogens is 2. The Kier molecular flexibility index (Phi) is 5.23. The lowest BCUT2D eigenvalue weighted by molar-refractivity contribution is -0.387. The molecule has 0 saturated carbocycles. The predicted octanol–water partition coefficient (Wildman–Crippen LogP) is 3.75. The van der Waals surface area contributed by atoms with E-state index in [1.165, 1.54) is 12.1 Å². The molecule has 0 radical (unpaired) electrons. The first-order chi connectivity index (χ1) is 14.9. The maximum Gasteiger partial charge on any atom is 0.306 e. The van der Waals surface area contributed by atoms with Gasteiger partial charge in [-0.3, -0.25) is 19.7 Å². The summed E-state index contributed by atoms with van der Waals surface area (Å²) in [4.78, 5) is 34.6. The number of halogens is 1.